The molecule has 0 fully saturated rings. The van der Waals surface area contributed by atoms with Crippen molar-refractivity contribution in [1.29, 1.82) is 0 Å². The molecule has 0 atom stereocenters. The molecule has 1 aromatic carbocycles. The molecule has 1 aromatic rings. The third kappa shape index (κ3) is 4.50. The van der Waals surface area contributed by atoms with Crippen LogP contribution in [0.3, 0.4) is 0 Å². The fourth-order valence-electron chi connectivity index (χ4n) is 1.45. The van der Waals surface area contributed by atoms with Gasteiger partial charge in [-0.05, 0) is 30.0 Å². The number of phenolic OH excluding ortho intramolecular Hbond substituents is 1. The average Bonchev–Trinajstić information content (AvgIpc) is 2.29. The summed E-state index contributed by atoms with van der Waals surface area (Å²) in [4.78, 5) is 11.9. The molecule has 0 aliphatic heterocycles. The van der Waals surface area contributed by atoms with Gasteiger partial charge in [-0.1, -0.05) is 41.4 Å². The minimum Gasteiger partial charge on any atom is -0.507 e. The molecule has 0 bridgehead atoms. The van der Waals surface area contributed by atoms with Gasteiger partial charge >= 0.3 is 0 Å². The van der Waals surface area contributed by atoms with Gasteiger partial charge in [-0.25, -0.2) is 0 Å². The van der Waals surface area contributed by atoms with Gasteiger partial charge in [0.05, 0.1) is 5.56 Å². The number of hydrogen-bond donors (Lipinski definition) is 2. The highest BCUT2D eigenvalue weighted by atomic mass is 79.9. The molecule has 0 heterocycles. The molecule has 0 unspecified atom stereocenters. The van der Waals surface area contributed by atoms with Crippen molar-refractivity contribution in [3.8, 4) is 5.75 Å². The van der Waals surface area contributed by atoms with E-state index in [1.165, 1.54) is 12.1 Å². The van der Waals surface area contributed by atoms with Crippen LogP contribution in [-0.4, -0.2) is 22.9 Å². The minimum atomic E-state index is -0.308. The number of hydrogen-bond acceptors (Lipinski definition) is 2. The first-order valence-electron chi connectivity index (χ1n) is 5.68. The maximum atomic E-state index is 11.9. The van der Waals surface area contributed by atoms with Gasteiger partial charge in [0.15, 0.2) is 0 Å². The molecule has 0 aromatic heterocycles. The zero-order valence-corrected chi connectivity index (χ0v) is 12.8. The number of benzene rings is 1. The summed E-state index contributed by atoms with van der Waals surface area (Å²) in [6.45, 7) is 4.70. The van der Waals surface area contributed by atoms with Gasteiger partial charge in [-0.3, -0.25) is 4.79 Å². The van der Waals surface area contributed by atoms with Crippen LogP contribution in [-0.2, 0) is 0 Å². The van der Waals surface area contributed by atoms with Crippen LogP contribution in [0.2, 0.25) is 5.02 Å². The normalized spacial score (nSPS) is 11.3. The third-order valence-corrected chi connectivity index (χ3v) is 3.33. The molecule has 0 aliphatic rings. The zero-order valence-electron chi connectivity index (χ0n) is 10.5. The van der Waals surface area contributed by atoms with Crippen molar-refractivity contribution in [2.24, 2.45) is 5.41 Å². The van der Waals surface area contributed by atoms with Crippen LogP contribution in [0.15, 0.2) is 18.2 Å². The van der Waals surface area contributed by atoms with Crippen molar-refractivity contribution in [2.75, 3.05) is 11.9 Å². The van der Waals surface area contributed by atoms with Gasteiger partial charge in [0.25, 0.3) is 5.91 Å². The fourth-order valence-corrected chi connectivity index (χ4v) is 2.69. The Labute approximate surface area is 121 Å². The predicted molar refractivity (Wildman–Crippen MR) is 77.6 cm³/mol. The number of carbonyl (C=O) groups excluding carboxylic acids is 1. The lowest BCUT2D eigenvalue weighted by Crippen LogP contribution is -2.34. The fraction of sp³-hybridized carbons (Fsp3) is 0.462. The standard InChI is InChI=1S/C13H17BrClNO2/c1-13(2,5-6-14)8-16-12(18)10-7-9(15)3-4-11(10)17/h3-4,7,17H,5-6,8H2,1-2H3,(H,16,18). The van der Waals surface area contributed by atoms with E-state index in [-0.39, 0.29) is 22.6 Å². The summed E-state index contributed by atoms with van der Waals surface area (Å²) in [6, 6.07) is 4.42. The number of carbonyl (C=O) groups is 1. The maximum absolute atomic E-state index is 11.9. The van der Waals surface area contributed by atoms with Crippen LogP contribution in [0, 0.1) is 5.41 Å². The number of rotatable bonds is 5. The molecule has 100 valence electrons. The lowest BCUT2D eigenvalue weighted by molar-refractivity contribution is 0.0933. The first-order valence-corrected chi connectivity index (χ1v) is 7.18. The monoisotopic (exact) mass is 333 g/mol. The predicted octanol–water partition coefficient (Wildman–Crippen LogP) is 3.59. The highest BCUT2D eigenvalue weighted by molar-refractivity contribution is 9.09. The summed E-state index contributed by atoms with van der Waals surface area (Å²) in [5.41, 5.74) is 0.213. The number of halogens is 2. The summed E-state index contributed by atoms with van der Waals surface area (Å²) >= 11 is 9.19. The molecule has 0 saturated heterocycles. The summed E-state index contributed by atoms with van der Waals surface area (Å²) in [7, 11) is 0. The van der Waals surface area contributed by atoms with E-state index in [0.29, 0.717) is 11.6 Å². The second kappa shape index (κ2) is 6.43. The van der Waals surface area contributed by atoms with Gasteiger partial charge < -0.3 is 10.4 Å². The zero-order chi connectivity index (χ0) is 13.8. The molecular formula is C13H17BrClNO2. The Morgan fingerprint density at radius 3 is 2.78 bits per heavy atom. The molecule has 5 heteroatoms. The lowest BCUT2D eigenvalue weighted by atomic mass is 9.90. The molecule has 0 spiro atoms. The van der Waals surface area contributed by atoms with Crippen LogP contribution < -0.4 is 5.32 Å². The summed E-state index contributed by atoms with van der Waals surface area (Å²) in [6.07, 6.45) is 0.953. The van der Waals surface area contributed by atoms with Crippen molar-refractivity contribution >= 4 is 33.4 Å². The van der Waals surface area contributed by atoms with Gasteiger partial charge in [-0.2, -0.15) is 0 Å². The Balaban J connectivity index is 2.69. The Bertz CT molecular complexity index is 435. The van der Waals surface area contributed by atoms with Gasteiger partial charge in [0, 0.05) is 16.9 Å². The first kappa shape index (κ1) is 15.3. The Morgan fingerprint density at radius 1 is 1.50 bits per heavy atom. The number of nitrogens with one attached hydrogen (secondary N) is 1. The van der Waals surface area contributed by atoms with Crippen LogP contribution in [0.5, 0.6) is 5.75 Å². The van der Waals surface area contributed by atoms with Crippen molar-refractivity contribution in [2.45, 2.75) is 20.3 Å². The largest absolute Gasteiger partial charge is 0.507 e. The number of phenols is 1. The topological polar surface area (TPSA) is 49.3 Å². The number of amides is 1. The van der Waals surface area contributed by atoms with E-state index in [2.05, 4.69) is 35.1 Å². The van der Waals surface area contributed by atoms with E-state index in [9.17, 15) is 9.90 Å². The molecule has 1 amide bonds. The maximum Gasteiger partial charge on any atom is 0.255 e. The Morgan fingerprint density at radius 2 is 2.17 bits per heavy atom. The Kier molecular flexibility index (Phi) is 5.47. The van der Waals surface area contributed by atoms with E-state index < -0.39 is 0 Å². The highest BCUT2D eigenvalue weighted by Gasteiger charge is 2.19. The lowest BCUT2D eigenvalue weighted by Gasteiger charge is -2.24. The molecule has 0 saturated carbocycles. The van der Waals surface area contributed by atoms with Crippen molar-refractivity contribution < 1.29 is 9.90 Å². The van der Waals surface area contributed by atoms with E-state index in [1.807, 2.05) is 0 Å². The van der Waals surface area contributed by atoms with Crippen molar-refractivity contribution in [3.63, 3.8) is 0 Å². The van der Waals surface area contributed by atoms with E-state index in [4.69, 9.17) is 11.6 Å². The summed E-state index contributed by atoms with van der Waals surface area (Å²) in [5, 5.41) is 13.7. The van der Waals surface area contributed by atoms with Gasteiger partial charge in [-0.15, -0.1) is 0 Å². The molecule has 3 nitrogen and oxygen atoms in total. The van der Waals surface area contributed by atoms with Gasteiger partial charge in [0.2, 0.25) is 0 Å². The molecule has 0 aliphatic carbocycles. The molecule has 1 rings (SSSR count). The Hall–Kier alpha value is -0.740. The van der Waals surface area contributed by atoms with E-state index in [0.717, 1.165) is 11.8 Å². The van der Waals surface area contributed by atoms with Crippen LogP contribution in [0.25, 0.3) is 0 Å². The van der Waals surface area contributed by atoms with E-state index in [1.54, 1.807) is 6.07 Å². The van der Waals surface area contributed by atoms with Crippen molar-refractivity contribution in [3.05, 3.63) is 28.8 Å². The average molecular weight is 335 g/mol. The molecule has 0 radical (unpaired) electrons. The number of alkyl halides is 1. The third-order valence-electron chi connectivity index (χ3n) is 2.70. The van der Waals surface area contributed by atoms with E-state index >= 15 is 0 Å². The SMILES string of the molecule is CC(C)(CCBr)CNC(=O)c1cc(Cl)ccc1O. The number of aromatic hydroxyl groups is 1. The molecular weight excluding hydrogens is 318 g/mol. The molecule has 2 N–H and O–H groups in total. The van der Waals surface area contributed by atoms with Crippen molar-refractivity contribution in [1.82, 2.24) is 5.32 Å². The van der Waals surface area contributed by atoms with Crippen LogP contribution >= 0.6 is 27.5 Å². The van der Waals surface area contributed by atoms with Gasteiger partial charge in [0.1, 0.15) is 5.75 Å². The second-order valence-corrected chi connectivity index (χ2v) is 6.18. The quantitative estimate of drug-likeness (QED) is 0.809. The highest BCUT2D eigenvalue weighted by Crippen LogP contribution is 2.23. The van der Waals surface area contributed by atoms with Crippen LogP contribution in [0.4, 0.5) is 0 Å². The first-order chi connectivity index (χ1) is 8.35. The second-order valence-electron chi connectivity index (χ2n) is 4.95. The smallest absolute Gasteiger partial charge is 0.255 e. The minimum absolute atomic E-state index is 0.00730. The summed E-state index contributed by atoms with van der Waals surface area (Å²) in [5.74, 6) is -0.368. The van der Waals surface area contributed by atoms with Crippen LogP contribution in [0.1, 0.15) is 30.6 Å². The summed E-state index contributed by atoms with van der Waals surface area (Å²) < 4.78 is 0. The molecule has 18 heavy (non-hydrogen) atoms.